The molecule has 8 nitrogen and oxygen atoms in total. The van der Waals surface area contributed by atoms with Crippen molar-refractivity contribution in [1.29, 1.82) is 0 Å². The minimum Gasteiger partial charge on any atom is -0.478 e. The molecule has 1 heterocycles. The largest absolute Gasteiger partial charge is 0.478 e. The van der Waals surface area contributed by atoms with Crippen molar-refractivity contribution < 1.29 is 33.8 Å². The summed E-state index contributed by atoms with van der Waals surface area (Å²) in [5.74, 6) is -2.52. The zero-order chi connectivity index (χ0) is 23.0. The van der Waals surface area contributed by atoms with Gasteiger partial charge in [0, 0.05) is 31.0 Å². The molecule has 31 heavy (non-hydrogen) atoms. The Balaban J connectivity index is 2.07. The number of hydrogen-bond acceptors (Lipinski definition) is 6. The fourth-order valence-electron chi connectivity index (χ4n) is 5.50. The topological polar surface area (TPSA) is 119 Å². The molecule has 3 rings (SSSR count). The van der Waals surface area contributed by atoms with Crippen LogP contribution in [0.1, 0.15) is 52.9 Å². The molecular formula is C23H29NO7. The lowest BCUT2D eigenvalue weighted by atomic mass is 9.62. The maximum atomic E-state index is 13.4. The second kappa shape index (κ2) is 7.98. The van der Waals surface area contributed by atoms with Crippen molar-refractivity contribution in [2.24, 2.45) is 11.3 Å². The highest BCUT2D eigenvalue weighted by Crippen LogP contribution is 2.65. The van der Waals surface area contributed by atoms with Crippen molar-refractivity contribution in [3.63, 3.8) is 0 Å². The van der Waals surface area contributed by atoms with Gasteiger partial charge in [-0.25, -0.2) is 4.79 Å². The first-order valence-electron chi connectivity index (χ1n) is 10.4. The molecule has 168 valence electrons. The van der Waals surface area contributed by atoms with E-state index in [9.17, 15) is 19.2 Å². The highest BCUT2D eigenvalue weighted by atomic mass is 16.6. The standard InChI is InChI=1S/C23H29NO7/c1-14(19(27)28)6-5-10-21(3)17-9-12-22(20(29)31-21)11-7-16(18(26)24-4)8-13-23(17,22)30-15(2)25/h5-7,10,17H,8-9,11-13H2,1-4H3,(H,24,26)(H,27,28)/b10-5+,14-6+/t17-,21?,22+,23-/m1/s1. The van der Waals surface area contributed by atoms with Crippen molar-refractivity contribution in [3.8, 4) is 0 Å². The van der Waals surface area contributed by atoms with Crippen LogP contribution in [0, 0.1) is 11.3 Å². The Morgan fingerprint density at radius 3 is 2.61 bits per heavy atom. The summed E-state index contributed by atoms with van der Waals surface area (Å²) in [6, 6.07) is 0. The molecule has 3 aliphatic rings. The average molecular weight is 431 g/mol. The number of nitrogens with one attached hydrogen (secondary N) is 1. The second-order valence-electron chi connectivity index (χ2n) is 8.76. The van der Waals surface area contributed by atoms with Crippen molar-refractivity contribution >= 4 is 23.8 Å². The third-order valence-electron chi connectivity index (χ3n) is 7.05. The summed E-state index contributed by atoms with van der Waals surface area (Å²) in [6.07, 6.45) is 8.49. The molecule has 2 bridgehead atoms. The molecule has 2 N–H and O–H groups in total. The summed E-state index contributed by atoms with van der Waals surface area (Å²) in [7, 11) is 1.55. The van der Waals surface area contributed by atoms with E-state index in [1.165, 1.54) is 19.9 Å². The molecular weight excluding hydrogens is 402 g/mol. The number of hydrogen-bond donors (Lipinski definition) is 2. The van der Waals surface area contributed by atoms with Crippen LogP contribution in [-0.2, 0) is 28.7 Å². The highest BCUT2D eigenvalue weighted by Gasteiger charge is 2.74. The van der Waals surface area contributed by atoms with Gasteiger partial charge in [-0.2, -0.15) is 0 Å². The SMILES string of the molecule is CNC(=O)C1=CC[C@]23CC[C@H](C(C)(/C=C/C=C(\C)C(=O)O)OC2=O)[C@]3(OC(C)=O)CC1. The van der Waals surface area contributed by atoms with Crippen LogP contribution in [-0.4, -0.2) is 47.2 Å². The molecule has 0 aromatic heterocycles. The Morgan fingerprint density at radius 2 is 2.00 bits per heavy atom. The number of carboxylic acid groups (broad SMARTS) is 1. The first kappa shape index (κ1) is 22.8. The summed E-state index contributed by atoms with van der Waals surface area (Å²) in [5.41, 5.74) is -2.52. The molecule has 1 saturated carbocycles. The lowest BCUT2D eigenvalue weighted by Crippen LogP contribution is -2.65. The molecule has 0 spiro atoms. The van der Waals surface area contributed by atoms with Crippen LogP contribution < -0.4 is 5.32 Å². The molecule has 2 fully saturated rings. The Labute approximate surface area is 181 Å². The number of cyclic esters (lactones) is 1. The van der Waals surface area contributed by atoms with Gasteiger partial charge in [0.1, 0.15) is 16.6 Å². The first-order chi connectivity index (χ1) is 14.5. The van der Waals surface area contributed by atoms with E-state index in [2.05, 4.69) is 5.32 Å². The van der Waals surface area contributed by atoms with E-state index in [-0.39, 0.29) is 23.8 Å². The molecule has 1 saturated heterocycles. The monoisotopic (exact) mass is 431 g/mol. The van der Waals surface area contributed by atoms with Crippen LogP contribution in [0.2, 0.25) is 0 Å². The maximum absolute atomic E-state index is 13.4. The molecule has 1 unspecified atom stereocenters. The van der Waals surface area contributed by atoms with Gasteiger partial charge >= 0.3 is 17.9 Å². The van der Waals surface area contributed by atoms with E-state index in [0.717, 1.165) is 0 Å². The van der Waals surface area contributed by atoms with Crippen LogP contribution in [0.3, 0.4) is 0 Å². The molecule has 1 amide bonds. The minimum absolute atomic E-state index is 0.145. The summed E-state index contributed by atoms with van der Waals surface area (Å²) >= 11 is 0. The Bertz CT molecular complexity index is 917. The van der Waals surface area contributed by atoms with Gasteiger partial charge in [-0.15, -0.1) is 0 Å². The first-order valence-corrected chi connectivity index (χ1v) is 10.4. The van der Waals surface area contributed by atoms with Crippen LogP contribution in [0.15, 0.2) is 35.5 Å². The number of carboxylic acids is 1. The second-order valence-corrected chi connectivity index (χ2v) is 8.76. The number of ether oxygens (including phenoxy) is 2. The lowest BCUT2D eigenvalue weighted by Gasteiger charge is -2.54. The van der Waals surface area contributed by atoms with Crippen molar-refractivity contribution in [2.45, 2.75) is 64.1 Å². The fraction of sp³-hybridized carbons (Fsp3) is 0.565. The quantitative estimate of drug-likeness (QED) is 0.390. The zero-order valence-electron chi connectivity index (χ0n) is 18.3. The van der Waals surface area contributed by atoms with E-state index in [1.54, 1.807) is 32.2 Å². The number of allylic oxidation sites excluding steroid dienone is 3. The van der Waals surface area contributed by atoms with E-state index >= 15 is 0 Å². The van der Waals surface area contributed by atoms with Gasteiger partial charge in [0.15, 0.2) is 0 Å². The van der Waals surface area contributed by atoms with Gasteiger partial charge in [0.05, 0.1) is 0 Å². The van der Waals surface area contributed by atoms with E-state index in [1.807, 2.05) is 0 Å². The predicted octanol–water partition coefficient (Wildman–Crippen LogP) is 2.44. The Hall–Kier alpha value is -2.90. The third-order valence-corrected chi connectivity index (χ3v) is 7.05. The van der Waals surface area contributed by atoms with Gasteiger partial charge < -0.3 is 19.9 Å². The van der Waals surface area contributed by atoms with E-state index in [0.29, 0.717) is 31.3 Å². The minimum atomic E-state index is -1.11. The molecule has 0 aromatic rings. The van der Waals surface area contributed by atoms with Crippen molar-refractivity contribution in [3.05, 3.63) is 35.5 Å². The van der Waals surface area contributed by atoms with Gasteiger partial charge in [-0.1, -0.05) is 18.2 Å². The molecule has 8 heteroatoms. The number of likely N-dealkylation sites (N-methyl/N-ethyl adjacent to an activating group) is 1. The van der Waals surface area contributed by atoms with Gasteiger partial charge in [0.25, 0.3) is 0 Å². The number of amides is 1. The molecule has 1 aliphatic heterocycles. The van der Waals surface area contributed by atoms with Gasteiger partial charge in [-0.3, -0.25) is 14.4 Å². The summed E-state index contributed by atoms with van der Waals surface area (Å²) in [6.45, 7) is 4.56. The fourth-order valence-corrected chi connectivity index (χ4v) is 5.50. The lowest BCUT2D eigenvalue weighted by molar-refractivity contribution is -0.235. The number of aliphatic carboxylic acids is 1. The van der Waals surface area contributed by atoms with Crippen LogP contribution in [0.5, 0.6) is 0 Å². The number of carbonyl (C=O) groups is 4. The van der Waals surface area contributed by atoms with Crippen LogP contribution >= 0.6 is 0 Å². The zero-order valence-corrected chi connectivity index (χ0v) is 18.3. The summed E-state index contributed by atoms with van der Waals surface area (Å²) in [5, 5.41) is 11.7. The normalized spacial score (nSPS) is 35.0. The van der Waals surface area contributed by atoms with Gasteiger partial charge in [0.2, 0.25) is 5.91 Å². The predicted molar refractivity (Wildman–Crippen MR) is 111 cm³/mol. The van der Waals surface area contributed by atoms with Crippen molar-refractivity contribution in [2.75, 3.05) is 7.05 Å². The molecule has 4 atom stereocenters. The molecule has 0 radical (unpaired) electrons. The molecule has 2 aliphatic carbocycles. The molecule has 0 aromatic carbocycles. The number of esters is 2. The number of carbonyl (C=O) groups excluding carboxylic acids is 3. The highest BCUT2D eigenvalue weighted by molar-refractivity contribution is 5.93. The number of rotatable bonds is 5. The summed E-state index contributed by atoms with van der Waals surface area (Å²) < 4.78 is 11.9. The summed E-state index contributed by atoms with van der Waals surface area (Å²) in [4.78, 5) is 48.9. The smallest absolute Gasteiger partial charge is 0.331 e. The third kappa shape index (κ3) is 3.58. The Morgan fingerprint density at radius 1 is 1.29 bits per heavy atom. The Kier molecular flexibility index (Phi) is 5.86. The van der Waals surface area contributed by atoms with Gasteiger partial charge in [-0.05, 0) is 52.0 Å². The van der Waals surface area contributed by atoms with Crippen LogP contribution in [0.25, 0.3) is 0 Å². The maximum Gasteiger partial charge on any atom is 0.331 e. The van der Waals surface area contributed by atoms with Crippen molar-refractivity contribution in [1.82, 2.24) is 5.32 Å². The van der Waals surface area contributed by atoms with Crippen LogP contribution in [0.4, 0.5) is 0 Å². The van der Waals surface area contributed by atoms with E-state index in [4.69, 9.17) is 14.6 Å². The van der Waals surface area contributed by atoms with E-state index < -0.39 is 34.5 Å². The average Bonchev–Trinajstić information content (AvgIpc) is 2.84.